The zero-order chi connectivity index (χ0) is 34.4. The fourth-order valence-electron chi connectivity index (χ4n) is 7.77. The highest BCUT2D eigenvalue weighted by atomic mass is 16.3. The molecule has 0 radical (unpaired) electrons. The molecule has 2 nitrogen and oxygen atoms in total. The van der Waals surface area contributed by atoms with Crippen LogP contribution in [0.5, 0.6) is 0 Å². The Labute approximate surface area is 302 Å². The Kier molecular flexibility index (Phi) is 7.18. The van der Waals surface area contributed by atoms with Crippen molar-refractivity contribution in [3.05, 3.63) is 200 Å². The minimum Gasteiger partial charge on any atom is -0.456 e. The fraction of sp³-hybridized carbons (Fsp3) is 0. The van der Waals surface area contributed by atoms with Crippen LogP contribution in [-0.4, -0.2) is 0 Å². The van der Waals surface area contributed by atoms with Crippen LogP contribution in [0.4, 0.5) is 17.1 Å². The summed E-state index contributed by atoms with van der Waals surface area (Å²) in [6.45, 7) is 0. The first-order valence-corrected chi connectivity index (χ1v) is 17.8. The highest BCUT2D eigenvalue weighted by Gasteiger charge is 2.20. The zero-order valence-corrected chi connectivity index (χ0v) is 28.4. The summed E-state index contributed by atoms with van der Waals surface area (Å²) < 4.78 is 6.55. The molecule has 0 atom stereocenters. The lowest BCUT2D eigenvalue weighted by atomic mass is 9.92. The van der Waals surface area contributed by atoms with Gasteiger partial charge in [0.2, 0.25) is 0 Å². The van der Waals surface area contributed by atoms with Crippen molar-refractivity contribution in [2.45, 2.75) is 0 Å². The Balaban J connectivity index is 1.16. The number of fused-ring (bicyclic) bond motifs is 5. The monoisotopic (exact) mass is 663 g/mol. The molecule has 1 heterocycles. The Morgan fingerprint density at radius 1 is 0.327 bits per heavy atom. The maximum absolute atomic E-state index is 6.55. The summed E-state index contributed by atoms with van der Waals surface area (Å²) in [6, 6.07) is 71.7. The number of rotatable bonds is 6. The van der Waals surface area contributed by atoms with Crippen molar-refractivity contribution in [3.63, 3.8) is 0 Å². The first kappa shape index (κ1) is 30.0. The lowest BCUT2D eigenvalue weighted by Crippen LogP contribution is -2.10. The molecule has 0 saturated carbocycles. The van der Waals surface area contributed by atoms with Gasteiger partial charge in [0.15, 0.2) is 0 Å². The van der Waals surface area contributed by atoms with Gasteiger partial charge in [-0.05, 0) is 98.1 Å². The highest BCUT2D eigenvalue weighted by Crippen LogP contribution is 2.45. The molecule has 0 aliphatic heterocycles. The molecule has 2 heteroatoms. The minimum atomic E-state index is 0.868. The molecule has 10 rings (SSSR count). The van der Waals surface area contributed by atoms with Crippen molar-refractivity contribution >= 4 is 60.5 Å². The van der Waals surface area contributed by atoms with E-state index >= 15 is 0 Å². The van der Waals surface area contributed by atoms with Gasteiger partial charge >= 0.3 is 0 Å². The van der Waals surface area contributed by atoms with E-state index in [-0.39, 0.29) is 0 Å². The standard InChI is InChI=1S/C50H33NO/c1-2-13-36(14-3-1)42-18-8-9-20-44(42)45-21-11-23-49-50(45)46-33-41(30-31-48(46)52-49)51(47-22-10-17-37-15-6-7-19-43(37)47)40-28-26-35(27-29-40)39-25-24-34-12-4-5-16-38(34)32-39/h1-33H. The maximum atomic E-state index is 6.55. The summed E-state index contributed by atoms with van der Waals surface area (Å²) in [7, 11) is 0. The second-order valence-electron chi connectivity index (χ2n) is 13.3. The molecule has 0 spiro atoms. The Morgan fingerprint density at radius 2 is 0.981 bits per heavy atom. The van der Waals surface area contributed by atoms with E-state index in [9.17, 15) is 0 Å². The summed E-state index contributed by atoms with van der Waals surface area (Å²) in [6.07, 6.45) is 0. The highest BCUT2D eigenvalue weighted by molar-refractivity contribution is 6.15. The first-order chi connectivity index (χ1) is 25.8. The van der Waals surface area contributed by atoms with Gasteiger partial charge in [-0.3, -0.25) is 0 Å². The molecule has 9 aromatic carbocycles. The van der Waals surface area contributed by atoms with Crippen LogP contribution in [0.1, 0.15) is 0 Å². The SMILES string of the molecule is c1ccc(-c2ccccc2-c2cccc3oc4ccc(N(c5ccc(-c6ccc7ccccc7c6)cc5)c5cccc6ccccc56)cc4c23)cc1. The van der Waals surface area contributed by atoms with Crippen LogP contribution in [0.25, 0.3) is 76.9 Å². The lowest BCUT2D eigenvalue weighted by molar-refractivity contribution is 0.669. The second-order valence-corrected chi connectivity index (χ2v) is 13.3. The quantitative estimate of drug-likeness (QED) is 0.176. The Hall–Kier alpha value is -6.90. The minimum absolute atomic E-state index is 0.868. The van der Waals surface area contributed by atoms with Crippen molar-refractivity contribution in [1.82, 2.24) is 0 Å². The molecule has 10 aromatic rings. The maximum Gasteiger partial charge on any atom is 0.136 e. The lowest BCUT2D eigenvalue weighted by Gasteiger charge is -2.27. The summed E-state index contributed by atoms with van der Waals surface area (Å²) in [4.78, 5) is 2.38. The van der Waals surface area contributed by atoms with Gasteiger partial charge in [0, 0.05) is 27.5 Å². The summed E-state index contributed by atoms with van der Waals surface area (Å²) in [5, 5.41) is 7.09. The third kappa shape index (κ3) is 5.12. The Bertz CT molecular complexity index is 2900. The van der Waals surface area contributed by atoms with E-state index < -0.39 is 0 Å². The fourth-order valence-corrected chi connectivity index (χ4v) is 7.77. The van der Waals surface area contributed by atoms with E-state index in [0.29, 0.717) is 0 Å². The van der Waals surface area contributed by atoms with Gasteiger partial charge < -0.3 is 9.32 Å². The van der Waals surface area contributed by atoms with Crippen LogP contribution in [0.2, 0.25) is 0 Å². The topological polar surface area (TPSA) is 16.4 Å². The van der Waals surface area contributed by atoms with Crippen molar-refractivity contribution < 1.29 is 4.42 Å². The predicted molar refractivity (Wildman–Crippen MR) is 220 cm³/mol. The smallest absolute Gasteiger partial charge is 0.136 e. The molecule has 1 aromatic heterocycles. The second kappa shape index (κ2) is 12.5. The summed E-state index contributed by atoms with van der Waals surface area (Å²) in [5.41, 5.74) is 12.1. The van der Waals surface area contributed by atoms with Crippen molar-refractivity contribution in [2.24, 2.45) is 0 Å². The molecule has 0 unspecified atom stereocenters. The van der Waals surface area contributed by atoms with Gasteiger partial charge in [0.1, 0.15) is 11.2 Å². The predicted octanol–water partition coefficient (Wildman–Crippen LogP) is 14.4. The van der Waals surface area contributed by atoms with E-state index in [2.05, 4.69) is 205 Å². The molecule has 0 amide bonds. The van der Waals surface area contributed by atoms with Crippen LogP contribution in [0, 0.1) is 0 Å². The number of benzene rings is 9. The third-order valence-corrected chi connectivity index (χ3v) is 10.3. The number of furan rings is 1. The van der Waals surface area contributed by atoms with E-state index in [0.717, 1.165) is 44.6 Å². The molecule has 0 bridgehead atoms. The van der Waals surface area contributed by atoms with Crippen LogP contribution in [0.3, 0.4) is 0 Å². The average molecular weight is 664 g/mol. The number of nitrogens with zero attached hydrogens (tertiary/aromatic N) is 1. The van der Waals surface area contributed by atoms with Gasteiger partial charge in [0.25, 0.3) is 0 Å². The summed E-state index contributed by atoms with van der Waals surface area (Å²) >= 11 is 0. The Morgan fingerprint density at radius 3 is 1.85 bits per heavy atom. The number of hydrogen-bond donors (Lipinski definition) is 0. The average Bonchev–Trinajstić information content (AvgIpc) is 3.60. The normalized spacial score (nSPS) is 11.5. The third-order valence-electron chi connectivity index (χ3n) is 10.3. The molecule has 0 fully saturated rings. The van der Waals surface area contributed by atoms with E-state index in [1.165, 1.54) is 49.4 Å². The van der Waals surface area contributed by atoms with Crippen molar-refractivity contribution in [1.29, 1.82) is 0 Å². The molecular weight excluding hydrogens is 631 g/mol. The molecule has 52 heavy (non-hydrogen) atoms. The molecule has 244 valence electrons. The number of anilines is 3. The first-order valence-electron chi connectivity index (χ1n) is 17.8. The zero-order valence-electron chi connectivity index (χ0n) is 28.4. The summed E-state index contributed by atoms with van der Waals surface area (Å²) in [5.74, 6) is 0. The van der Waals surface area contributed by atoms with E-state index in [4.69, 9.17) is 4.42 Å². The van der Waals surface area contributed by atoms with E-state index in [1.54, 1.807) is 0 Å². The van der Waals surface area contributed by atoms with Gasteiger partial charge in [-0.1, -0.05) is 152 Å². The van der Waals surface area contributed by atoms with Crippen LogP contribution < -0.4 is 4.90 Å². The van der Waals surface area contributed by atoms with Crippen LogP contribution in [-0.2, 0) is 0 Å². The molecule has 0 saturated heterocycles. The van der Waals surface area contributed by atoms with Gasteiger partial charge in [-0.25, -0.2) is 0 Å². The molecular formula is C50H33NO. The van der Waals surface area contributed by atoms with E-state index in [1.807, 2.05) is 0 Å². The van der Waals surface area contributed by atoms with Gasteiger partial charge in [-0.15, -0.1) is 0 Å². The van der Waals surface area contributed by atoms with Crippen LogP contribution in [0.15, 0.2) is 205 Å². The van der Waals surface area contributed by atoms with Crippen molar-refractivity contribution in [3.8, 4) is 33.4 Å². The number of hydrogen-bond acceptors (Lipinski definition) is 2. The molecule has 0 N–H and O–H groups in total. The van der Waals surface area contributed by atoms with Crippen LogP contribution >= 0.6 is 0 Å². The van der Waals surface area contributed by atoms with Gasteiger partial charge in [0.05, 0.1) is 5.69 Å². The molecule has 0 aliphatic carbocycles. The van der Waals surface area contributed by atoms with Gasteiger partial charge in [-0.2, -0.15) is 0 Å². The van der Waals surface area contributed by atoms with Crippen molar-refractivity contribution in [2.75, 3.05) is 4.90 Å². The molecule has 0 aliphatic rings. The largest absolute Gasteiger partial charge is 0.456 e.